The van der Waals surface area contributed by atoms with E-state index in [1.165, 1.54) is 86.9 Å². The Kier molecular flexibility index (Phi) is 7.73. The van der Waals surface area contributed by atoms with Gasteiger partial charge in [-0.25, -0.2) is 0 Å². The maximum atomic E-state index is 2.46. The summed E-state index contributed by atoms with van der Waals surface area (Å²) in [5.74, 6) is 0. The molecule has 0 radical (unpaired) electrons. The summed E-state index contributed by atoms with van der Waals surface area (Å²) in [6.45, 7) is 4.73. The van der Waals surface area contributed by atoms with E-state index in [1.54, 1.807) is 0 Å². The van der Waals surface area contributed by atoms with Crippen molar-refractivity contribution in [3.05, 3.63) is 246 Å². The molecule has 0 fully saturated rings. The Balaban J connectivity index is 1.04. The van der Waals surface area contributed by atoms with Crippen LogP contribution < -0.4 is 4.90 Å². The quantitative estimate of drug-likeness (QED) is 0.162. The van der Waals surface area contributed by atoms with E-state index in [4.69, 9.17) is 0 Å². The van der Waals surface area contributed by atoms with Crippen LogP contribution in [0.3, 0.4) is 0 Å². The largest absolute Gasteiger partial charge is 0.310 e. The minimum Gasteiger partial charge on any atom is -0.310 e. The van der Waals surface area contributed by atoms with Gasteiger partial charge in [0, 0.05) is 42.6 Å². The normalized spacial score (nSPS) is 14.1. The Morgan fingerprint density at radius 3 is 1.65 bits per heavy atom. The van der Waals surface area contributed by atoms with Gasteiger partial charge in [-0.2, -0.15) is 0 Å². The zero-order valence-electron chi connectivity index (χ0n) is 33.6. The summed E-state index contributed by atoms with van der Waals surface area (Å²) in [5, 5.41) is 2.63. The molecule has 2 heteroatoms. The Bertz CT molecular complexity index is 3250. The van der Waals surface area contributed by atoms with Gasteiger partial charge in [0.2, 0.25) is 0 Å². The standard InChI is InChI=1S/C58H41NS/c1-57(2)51-23-10-6-19-45(51)48-33-32-44(37-54(48)57)59(43-18-14-15-38(35-43)39-27-34-56-50(36-39)49-22-9-13-26-55(49)60-56)42-30-28-41(29-31-42)58(40-16-4-3-5-17-40)52-24-11-7-20-46(52)47-21-8-12-25-53(47)58/h3-37H,1-2H3. The molecule has 12 rings (SSSR count). The van der Waals surface area contributed by atoms with E-state index in [2.05, 4.69) is 231 Å². The monoisotopic (exact) mass is 783 g/mol. The molecule has 0 amide bonds. The predicted octanol–water partition coefficient (Wildman–Crippen LogP) is 15.9. The zero-order valence-corrected chi connectivity index (χ0v) is 34.4. The molecule has 0 saturated heterocycles. The van der Waals surface area contributed by atoms with Gasteiger partial charge in [-0.15, -0.1) is 11.3 Å². The fourth-order valence-corrected chi connectivity index (χ4v) is 11.7. The lowest BCUT2D eigenvalue weighted by Crippen LogP contribution is -2.28. The van der Waals surface area contributed by atoms with Crippen molar-refractivity contribution in [2.75, 3.05) is 4.90 Å². The Morgan fingerprint density at radius 2 is 0.900 bits per heavy atom. The first kappa shape index (κ1) is 35.0. The summed E-state index contributed by atoms with van der Waals surface area (Å²) in [7, 11) is 0. The molecule has 1 nitrogen and oxygen atoms in total. The summed E-state index contributed by atoms with van der Waals surface area (Å²) >= 11 is 1.87. The molecule has 2 aliphatic carbocycles. The molecule has 1 aromatic heterocycles. The van der Waals surface area contributed by atoms with Gasteiger partial charge in [0.1, 0.15) is 0 Å². The fourth-order valence-electron chi connectivity index (χ4n) is 10.6. The van der Waals surface area contributed by atoms with E-state index < -0.39 is 5.41 Å². The first-order chi connectivity index (χ1) is 29.5. The molecule has 0 spiro atoms. The number of hydrogen-bond acceptors (Lipinski definition) is 2. The van der Waals surface area contributed by atoms with E-state index in [-0.39, 0.29) is 5.41 Å². The summed E-state index contributed by atoms with van der Waals surface area (Å²) in [5.41, 5.74) is 18.4. The number of benzene rings is 9. The SMILES string of the molecule is CC1(C)c2ccccc2-c2ccc(N(c3ccc(C4(c5ccccc5)c5ccccc5-c5ccccc54)cc3)c3cccc(-c4ccc5sc6ccccc6c5c4)c3)cc21. The van der Waals surface area contributed by atoms with Gasteiger partial charge in [-0.05, 0) is 121 Å². The smallest absolute Gasteiger partial charge is 0.0713 e. The molecule has 2 aliphatic rings. The van der Waals surface area contributed by atoms with Crippen LogP contribution >= 0.6 is 11.3 Å². The van der Waals surface area contributed by atoms with Crippen LogP contribution in [0.4, 0.5) is 17.1 Å². The molecule has 9 aromatic carbocycles. The van der Waals surface area contributed by atoms with Crippen molar-refractivity contribution in [3.63, 3.8) is 0 Å². The Labute approximate surface area is 355 Å². The molecule has 0 saturated carbocycles. The summed E-state index contributed by atoms with van der Waals surface area (Å²) in [4.78, 5) is 2.46. The number of rotatable bonds is 6. The first-order valence-electron chi connectivity index (χ1n) is 20.9. The van der Waals surface area contributed by atoms with Crippen LogP contribution in [0, 0.1) is 0 Å². The van der Waals surface area contributed by atoms with Crippen molar-refractivity contribution in [3.8, 4) is 33.4 Å². The summed E-state index contributed by atoms with van der Waals surface area (Å²) < 4.78 is 2.65. The van der Waals surface area contributed by atoms with Crippen LogP contribution in [0.25, 0.3) is 53.6 Å². The third-order valence-electron chi connectivity index (χ3n) is 13.4. The Hall–Kier alpha value is -7.00. The third kappa shape index (κ3) is 5.04. The lowest BCUT2D eigenvalue weighted by molar-refractivity contribution is 0.660. The minimum absolute atomic E-state index is 0.122. The third-order valence-corrected chi connectivity index (χ3v) is 14.5. The number of fused-ring (bicyclic) bond motifs is 9. The summed E-state index contributed by atoms with van der Waals surface area (Å²) in [6, 6.07) is 79.3. The van der Waals surface area contributed by atoms with Crippen LogP contribution in [0.15, 0.2) is 212 Å². The van der Waals surface area contributed by atoms with Crippen LogP contribution in [0.2, 0.25) is 0 Å². The van der Waals surface area contributed by atoms with Gasteiger partial charge in [0.25, 0.3) is 0 Å². The van der Waals surface area contributed by atoms with Crippen molar-refractivity contribution in [2.45, 2.75) is 24.7 Å². The van der Waals surface area contributed by atoms with E-state index in [0.717, 1.165) is 17.1 Å². The van der Waals surface area contributed by atoms with Gasteiger partial charge < -0.3 is 4.90 Å². The molecular weight excluding hydrogens is 743 g/mol. The van der Waals surface area contributed by atoms with Crippen LogP contribution in [-0.2, 0) is 10.8 Å². The van der Waals surface area contributed by atoms with Crippen molar-refractivity contribution in [1.82, 2.24) is 0 Å². The maximum absolute atomic E-state index is 2.46. The van der Waals surface area contributed by atoms with Crippen LogP contribution in [0.1, 0.15) is 47.2 Å². The highest BCUT2D eigenvalue weighted by Crippen LogP contribution is 2.57. The maximum Gasteiger partial charge on any atom is 0.0713 e. The molecule has 0 bridgehead atoms. The second-order valence-corrected chi connectivity index (χ2v) is 17.9. The number of nitrogens with zero attached hydrogens (tertiary/aromatic N) is 1. The second kappa shape index (κ2) is 13.3. The minimum atomic E-state index is -0.453. The second-order valence-electron chi connectivity index (χ2n) is 16.8. The lowest BCUT2D eigenvalue weighted by Gasteiger charge is -2.34. The number of thiophene rings is 1. The van der Waals surface area contributed by atoms with E-state index in [9.17, 15) is 0 Å². The molecule has 10 aromatic rings. The number of anilines is 3. The lowest BCUT2D eigenvalue weighted by atomic mass is 9.68. The van der Waals surface area contributed by atoms with Gasteiger partial charge in [-0.1, -0.05) is 172 Å². The van der Waals surface area contributed by atoms with Gasteiger partial charge in [0.15, 0.2) is 0 Å². The first-order valence-corrected chi connectivity index (χ1v) is 21.7. The van der Waals surface area contributed by atoms with E-state index >= 15 is 0 Å². The highest BCUT2D eigenvalue weighted by Gasteiger charge is 2.46. The van der Waals surface area contributed by atoms with Gasteiger partial charge >= 0.3 is 0 Å². The zero-order chi connectivity index (χ0) is 40.0. The summed E-state index contributed by atoms with van der Waals surface area (Å²) in [6.07, 6.45) is 0. The average molecular weight is 784 g/mol. The molecule has 0 N–H and O–H groups in total. The molecule has 1 heterocycles. The fraction of sp³-hybridized carbons (Fsp3) is 0.0690. The molecule has 0 aliphatic heterocycles. The van der Waals surface area contributed by atoms with Crippen LogP contribution in [-0.4, -0.2) is 0 Å². The topological polar surface area (TPSA) is 3.24 Å². The molecule has 0 atom stereocenters. The highest BCUT2D eigenvalue weighted by molar-refractivity contribution is 7.25. The molecule has 284 valence electrons. The van der Waals surface area contributed by atoms with E-state index in [0.29, 0.717) is 0 Å². The predicted molar refractivity (Wildman–Crippen MR) is 254 cm³/mol. The molecule has 0 unspecified atom stereocenters. The average Bonchev–Trinajstić information content (AvgIpc) is 3.91. The van der Waals surface area contributed by atoms with Gasteiger partial charge in [0.05, 0.1) is 5.41 Å². The van der Waals surface area contributed by atoms with Crippen molar-refractivity contribution >= 4 is 48.6 Å². The Morgan fingerprint density at radius 1 is 0.350 bits per heavy atom. The number of hydrogen-bond donors (Lipinski definition) is 0. The van der Waals surface area contributed by atoms with Crippen molar-refractivity contribution in [2.24, 2.45) is 0 Å². The van der Waals surface area contributed by atoms with E-state index in [1.807, 2.05) is 11.3 Å². The van der Waals surface area contributed by atoms with Crippen molar-refractivity contribution < 1.29 is 0 Å². The van der Waals surface area contributed by atoms with Crippen molar-refractivity contribution in [1.29, 1.82) is 0 Å². The van der Waals surface area contributed by atoms with Crippen LogP contribution in [0.5, 0.6) is 0 Å². The molecular formula is C58H41NS. The molecule has 60 heavy (non-hydrogen) atoms. The van der Waals surface area contributed by atoms with Gasteiger partial charge in [-0.3, -0.25) is 0 Å². The highest BCUT2D eigenvalue weighted by atomic mass is 32.1.